The summed E-state index contributed by atoms with van der Waals surface area (Å²) < 4.78 is 5.98. The topological polar surface area (TPSA) is 31.6 Å². The van der Waals surface area contributed by atoms with Crippen molar-refractivity contribution < 1.29 is 4.42 Å². The fourth-order valence-corrected chi connectivity index (χ4v) is 2.37. The zero-order valence-electron chi connectivity index (χ0n) is 13.4. The van der Waals surface area contributed by atoms with Gasteiger partial charge in [-0.2, -0.15) is 0 Å². The van der Waals surface area contributed by atoms with E-state index in [0.717, 1.165) is 43.7 Å². The van der Waals surface area contributed by atoms with E-state index in [0.29, 0.717) is 0 Å². The molecule has 0 bridgehead atoms. The molecule has 0 unspecified atom stereocenters. The van der Waals surface area contributed by atoms with Crippen LogP contribution in [0.5, 0.6) is 0 Å². The third kappa shape index (κ3) is 5.27. The standard InChI is InChI=1S/C16H29N3O/c1-13-10-15(12-19(4)9-5-8-18(2)3)20-16(13)11-17-14-6-7-14/h10,14,17H,5-9,11-12H2,1-4H3. The highest BCUT2D eigenvalue weighted by atomic mass is 16.3. The maximum Gasteiger partial charge on any atom is 0.120 e. The van der Waals surface area contributed by atoms with Crippen LogP contribution in [0.15, 0.2) is 10.5 Å². The Morgan fingerprint density at radius 3 is 2.65 bits per heavy atom. The van der Waals surface area contributed by atoms with Crippen molar-refractivity contribution in [1.82, 2.24) is 15.1 Å². The van der Waals surface area contributed by atoms with Crippen LogP contribution in [0.25, 0.3) is 0 Å². The minimum atomic E-state index is 0.733. The van der Waals surface area contributed by atoms with Crippen molar-refractivity contribution in [2.75, 3.05) is 34.2 Å². The summed E-state index contributed by atoms with van der Waals surface area (Å²) in [6, 6.07) is 2.92. The van der Waals surface area contributed by atoms with Gasteiger partial charge in [0.2, 0.25) is 0 Å². The molecule has 1 aliphatic carbocycles. The second-order valence-corrected chi connectivity index (χ2v) is 6.37. The van der Waals surface area contributed by atoms with Crippen LogP contribution >= 0.6 is 0 Å². The fourth-order valence-electron chi connectivity index (χ4n) is 2.37. The Bertz CT molecular complexity index is 410. The highest BCUT2D eigenvalue weighted by Gasteiger charge is 2.21. The number of aryl methyl sites for hydroxylation is 1. The van der Waals surface area contributed by atoms with E-state index >= 15 is 0 Å². The summed E-state index contributed by atoms with van der Waals surface area (Å²) in [5, 5.41) is 3.51. The van der Waals surface area contributed by atoms with Crippen LogP contribution in [-0.4, -0.2) is 50.1 Å². The van der Waals surface area contributed by atoms with Crippen LogP contribution < -0.4 is 5.32 Å². The van der Waals surface area contributed by atoms with Gasteiger partial charge in [-0.3, -0.25) is 4.90 Å². The molecule has 20 heavy (non-hydrogen) atoms. The summed E-state index contributed by atoms with van der Waals surface area (Å²) in [5.41, 5.74) is 1.27. The molecule has 0 spiro atoms. The van der Waals surface area contributed by atoms with Gasteiger partial charge in [-0.1, -0.05) is 0 Å². The minimum Gasteiger partial charge on any atom is -0.463 e. The SMILES string of the molecule is Cc1cc(CN(C)CCCN(C)C)oc1CNC1CC1. The Morgan fingerprint density at radius 1 is 1.25 bits per heavy atom. The molecule has 0 aromatic carbocycles. The first-order valence-electron chi connectivity index (χ1n) is 7.69. The summed E-state index contributed by atoms with van der Waals surface area (Å²) in [5.74, 6) is 2.19. The summed E-state index contributed by atoms with van der Waals surface area (Å²) >= 11 is 0. The lowest BCUT2D eigenvalue weighted by atomic mass is 10.2. The largest absolute Gasteiger partial charge is 0.463 e. The molecular weight excluding hydrogens is 250 g/mol. The smallest absolute Gasteiger partial charge is 0.120 e. The van der Waals surface area contributed by atoms with E-state index in [1.165, 1.54) is 24.8 Å². The zero-order chi connectivity index (χ0) is 14.5. The minimum absolute atomic E-state index is 0.733. The van der Waals surface area contributed by atoms with Crippen molar-refractivity contribution in [2.45, 2.75) is 45.3 Å². The third-order valence-electron chi connectivity index (χ3n) is 3.77. The van der Waals surface area contributed by atoms with E-state index in [-0.39, 0.29) is 0 Å². The second-order valence-electron chi connectivity index (χ2n) is 6.37. The van der Waals surface area contributed by atoms with Gasteiger partial charge in [0.25, 0.3) is 0 Å². The molecule has 1 heterocycles. The molecule has 2 rings (SSSR count). The van der Waals surface area contributed by atoms with Crippen LogP contribution in [0.1, 0.15) is 36.3 Å². The molecule has 0 aliphatic heterocycles. The van der Waals surface area contributed by atoms with Crippen molar-refractivity contribution >= 4 is 0 Å². The molecule has 1 saturated carbocycles. The zero-order valence-corrected chi connectivity index (χ0v) is 13.4. The lowest BCUT2D eigenvalue weighted by Crippen LogP contribution is -2.23. The fraction of sp³-hybridized carbons (Fsp3) is 0.750. The average molecular weight is 279 g/mol. The van der Waals surface area contributed by atoms with Gasteiger partial charge in [-0.05, 0) is 72.0 Å². The lowest BCUT2D eigenvalue weighted by Gasteiger charge is -2.16. The lowest BCUT2D eigenvalue weighted by molar-refractivity contribution is 0.270. The second kappa shape index (κ2) is 7.25. The van der Waals surface area contributed by atoms with E-state index in [9.17, 15) is 0 Å². The van der Waals surface area contributed by atoms with Crippen LogP contribution in [0, 0.1) is 6.92 Å². The van der Waals surface area contributed by atoms with Crippen molar-refractivity contribution in [3.05, 3.63) is 23.2 Å². The number of hydrogen-bond acceptors (Lipinski definition) is 4. The molecule has 0 amide bonds. The van der Waals surface area contributed by atoms with Gasteiger partial charge >= 0.3 is 0 Å². The first kappa shape index (κ1) is 15.5. The van der Waals surface area contributed by atoms with Gasteiger partial charge < -0.3 is 14.6 Å². The van der Waals surface area contributed by atoms with Gasteiger partial charge in [0, 0.05) is 6.04 Å². The predicted octanol–water partition coefficient (Wildman–Crippen LogP) is 2.22. The predicted molar refractivity (Wildman–Crippen MR) is 82.8 cm³/mol. The Hall–Kier alpha value is -0.840. The van der Waals surface area contributed by atoms with Crippen molar-refractivity contribution in [3.8, 4) is 0 Å². The maximum absolute atomic E-state index is 5.98. The van der Waals surface area contributed by atoms with E-state index in [1.807, 2.05) is 0 Å². The molecular formula is C16H29N3O. The van der Waals surface area contributed by atoms with Crippen LogP contribution in [0.3, 0.4) is 0 Å². The van der Waals surface area contributed by atoms with Crippen molar-refractivity contribution in [1.29, 1.82) is 0 Å². The van der Waals surface area contributed by atoms with Crippen LogP contribution in [0.4, 0.5) is 0 Å². The van der Waals surface area contributed by atoms with Gasteiger partial charge in [0.05, 0.1) is 13.1 Å². The van der Waals surface area contributed by atoms with Crippen LogP contribution in [0.2, 0.25) is 0 Å². The van der Waals surface area contributed by atoms with Gasteiger partial charge in [0.15, 0.2) is 0 Å². The third-order valence-corrected chi connectivity index (χ3v) is 3.77. The van der Waals surface area contributed by atoms with Gasteiger partial charge in [-0.15, -0.1) is 0 Å². The molecule has 4 nitrogen and oxygen atoms in total. The van der Waals surface area contributed by atoms with Crippen molar-refractivity contribution in [2.24, 2.45) is 0 Å². The summed E-state index contributed by atoms with van der Waals surface area (Å²) in [7, 11) is 6.40. The van der Waals surface area contributed by atoms with Crippen molar-refractivity contribution in [3.63, 3.8) is 0 Å². The molecule has 0 radical (unpaired) electrons. The summed E-state index contributed by atoms with van der Waals surface area (Å²) in [6.07, 6.45) is 3.84. The number of nitrogens with zero attached hydrogens (tertiary/aromatic N) is 2. The molecule has 4 heteroatoms. The molecule has 1 aliphatic rings. The average Bonchev–Trinajstić information content (AvgIpc) is 3.11. The number of furan rings is 1. The van der Waals surface area contributed by atoms with E-state index in [4.69, 9.17) is 4.42 Å². The van der Waals surface area contributed by atoms with Gasteiger partial charge in [-0.25, -0.2) is 0 Å². The first-order valence-corrected chi connectivity index (χ1v) is 7.69. The quantitative estimate of drug-likeness (QED) is 0.751. The molecule has 114 valence electrons. The molecule has 1 aromatic heterocycles. The Kier molecular flexibility index (Phi) is 5.64. The highest BCUT2D eigenvalue weighted by Crippen LogP contribution is 2.21. The number of hydrogen-bond donors (Lipinski definition) is 1. The molecule has 1 N–H and O–H groups in total. The van der Waals surface area contributed by atoms with E-state index < -0.39 is 0 Å². The van der Waals surface area contributed by atoms with E-state index in [1.54, 1.807) is 0 Å². The Morgan fingerprint density at radius 2 is 2.00 bits per heavy atom. The number of rotatable bonds is 9. The molecule has 1 aromatic rings. The Labute approximate surface area is 123 Å². The summed E-state index contributed by atoms with van der Waals surface area (Å²) in [4.78, 5) is 4.56. The highest BCUT2D eigenvalue weighted by molar-refractivity contribution is 5.20. The Balaban J connectivity index is 1.75. The normalized spacial score (nSPS) is 15.5. The molecule has 0 atom stereocenters. The van der Waals surface area contributed by atoms with E-state index in [2.05, 4.69) is 49.2 Å². The maximum atomic E-state index is 5.98. The summed E-state index contributed by atoms with van der Waals surface area (Å²) in [6.45, 7) is 6.16. The van der Waals surface area contributed by atoms with Gasteiger partial charge in [0.1, 0.15) is 11.5 Å². The molecule has 0 saturated heterocycles. The van der Waals surface area contributed by atoms with Crippen LogP contribution in [-0.2, 0) is 13.1 Å². The molecule has 1 fully saturated rings. The number of nitrogens with one attached hydrogen (secondary N) is 1. The monoisotopic (exact) mass is 279 g/mol. The first-order chi connectivity index (χ1) is 9.54.